The average Bonchev–Trinajstić information content (AvgIpc) is 2.18. The van der Waals surface area contributed by atoms with Crippen molar-refractivity contribution in [3.8, 4) is 11.1 Å². The van der Waals surface area contributed by atoms with Crippen LogP contribution in [-0.4, -0.2) is 4.98 Å². The van der Waals surface area contributed by atoms with Crippen molar-refractivity contribution in [2.24, 2.45) is 0 Å². The van der Waals surface area contributed by atoms with Crippen LogP contribution in [-0.2, 0) is 0 Å². The first-order chi connectivity index (χ1) is 6.75. The lowest BCUT2D eigenvalue weighted by Crippen LogP contribution is -1.84. The Morgan fingerprint density at radius 2 is 1.86 bits per heavy atom. The molecule has 0 amide bonds. The lowest BCUT2D eigenvalue weighted by molar-refractivity contribution is 0.584. The molecule has 0 saturated carbocycles. The largest absolute Gasteiger partial charge is 0.228 e. The number of halogens is 1. The summed E-state index contributed by atoms with van der Waals surface area (Å²) in [6.45, 7) is 2.01. The zero-order valence-electron chi connectivity index (χ0n) is 7.87. The fraction of sp³-hybridized carbons (Fsp3) is 0.0833. The Morgan fingerprint density at radius 1 is 1.07 bits per heavy atom. The van der Waals surface area contributed by atoms with Crippen molar-refractivity contribution in [3.05, 3.63) is 54.1 Å². The molecule has 2 rings (SSSR count). The maximum absolute atomic E-state index is 12.8. The van der Waals surface area contributed by atoms with Crippen LogP contribution in [0.4, 0.5) is 4.39 Å². The van der Waals surface area contributed by atoms with Gasteiger partial charge in [0, 0.05) is 12.3 Å². The van der Waals surface area contributed by atoms with Gasteiger partial charge >= 0.3 is 0 Å². The predicted molar refractivity (Wildman–Crippen MR) is 54.4 cm³/mol. The van der Waals surface area contributed by atoms with Gasteiger partial charge in [0.15, 0.2) is 0 Å². The summed E-state index contributed by atoms with van der Waals surface area (Å²) in [5, 5.41) is 0. The van der Waals surface area contributed by atoms with Crippen molar-refractivity contribution < 1.29 is 4.39 Å². The Bertz CT molecular complexity index is 408. The number of pyridine rings is 1. The van der Waals surface area contributed by atoms with Crippen LogP contribution in [0.25, 0.3) is 11.1 Å². The molecule has 0 bridgehead atoms. The van der Waals surface area contributed by atoms with E-state index >= 15 is 0 Å². The molecular weight excluding hydrogens is 177 g/mol. The first-order valence-corrected chi connectivity index (χ1v) is 4.44. The fourth-order valence-electron chi connectivity index (χ4n) is 1.41. The number of nitrogens with zero attached hydrogens (tertiary/aromatic N) is 1. The number of rotatable bonds is 1. The molecule has 0 aliphatic carbocycles. The standard InChI is InChI=1S/C12H10FN/c1-9-3-2-4-10(7-9)11-5-6-14-12(13)8-11/h2-8H,1H3. The van der Waals surface area contributed by atoms with Gasteiger partial charge < -0.3 is 0 Å². The van der Waals surface area contributed by atoms with Gasteiger partial charge in [-0.05, 0) is 24.1 Å². The van der Waals surface area contributed by atoms with Gasteiger partial charge in [0.2, 0.25) is 5.95 Å². The lowest BCUT2D eigenvalue weighted by Gasteiger charge is -2.01. The Labute approximate surface area is 82.2 Å². The summed E-state index contributed by atoms with van der Waals surface area (Å²) in [7, 11) is 0. The molecule has 1 aromatic heterocycles. The molecule has 0 spiro atoms. The molecular formula is C12H10FN. The van der Waals surface area contributed by atoms with Gasteiger partial charge in [-0.25, -0.2) is 4.98 Å². The molecule has 14 heavy (non-hydrogen) atoms. The molecule has 0 radical (unpaired) electrons. The van der Waals surface area contributed by atoms with Crippen LogP contribution < -0.4 is 0 Å². The topological polar surface area (TPSA) is 12.9 Å². The van der Waals surface area contributed by atoms with Gasteiger partial charge in [0.25, 0.3) is 0 Å². The Hall–Kier alpha value is -1.70. The molecule has 1 heterocycles. The van der Waals surface area contributed by atoms with E-state index in [1.807, 2.05) is 31.2 Å². The summed E-state index contributed by atoms with van der Waals surface area (Å²) in [6, 6.07) is 11.2. The number of aromatic nitrogens is 1. The van der Waals surface area contributed by atoms with Gasteiger partial charge in [-0.2, -0.15) is 4.39 Å². The van der Waals surface area contributed by atoms with Crippen LogP contribution in [0.5, 0.6) is 0 Å². The van der Waals surface area contributed by atoms with E-state index < -0.39 is 5.95 Å². The maximum atomic E-state index is 12.8. The highest BCUT2D eigenvalue weighted by atomic mass is 19.1. The molecule has 0 fully saturated rings. The summed E-state index contributed by atoms with van der Waals surface area (Å²) in [5.74, 6) is -0.441. The maximum Gasteiger partial charge on any atom is 0.213 e. The third-order valence-corrected chi connectivity index (χ3v) is 2.08. The molecule has 0 atom stereocenters. The first-order valence-electron chi connectivity index (χ1n) is 4.44. The molecule has 0 aliphatic heterocycles. The second-order valence-electron chi connectivity index (χ2n) is 3.24. The Kier molecular flexibility index (Phi) is 2.27. The van der Waals surface area contributed by atoms with Gasteiger partial charge in [0.05, 0.1) is 0 Å². The molecule has 0 N–H and O–H groups in total. The van der Waals surface area contributed by atoms with Crippen LogP contribution in [0.3, 0.4) is 0 Å². The second kappa shape index (κ2) is 3.58. The van der Waals surface area contributed by atoms with E-state index in [1.54, 1.807) is 6.07 Å². The molecule has 0 aliphatic rings. The van der Waals surface area contributed by atoms with Gasteiger partial charge in [0.1, 0.15) is 0 Å². The van der Waals surface area contributed by atoms with Crippen LogP contribution in [0, 0.1) is 12.9 Å². The summed E-state index contributed by atoms with van der Waals surface area (Å²) in [5.41, 5.74) is 3.05. The van der Waals surface area contributed by atoms with E-state index in [0.717, 1.165) is 11.1 Å². The highest BCUT2D eigenvalue weighted by Crippen LogP contribution is 2.19. The quantitative estimate of drug-likeness (QED) is 0.625. The first kappa shape index (κ1) is 8.88. The number of hydrogen-bond acceptors (Lipinski definition) is 1. The number of aryl methyl sites for hydroxylation is 1. The lowest BCUT2D eigenvalue weighted by atomic mass is 10.1. The van der Waals surface area contributed by atoms with Gasteiger partial charge in [-0.15, -0.1) is 0 Å². The third kappa shape index (κ3) is 1.79. The van der Waals surface area contributed by atoms with E-state index in [-0.39, 0.29) is 0 Å². The van der Waals surface area contributed by atoms with Crippen LogP contribution in [0.15, 0.2) is 42.6 Å². The van der Waals surface area contributed by atoms with E-state index in [2.05, 4.69) is 4.98 Å². The van der Waals surface area contributed by atoms with Gasteiger partial charge in [-0.3, -0.25) is 0 Å². The summed E-state index contributed by atoms with van der Waals surface area (Å²) < 4.78 is 12.8. The third-order valence-electron chi connectivity index (χ3n) is 2.08. The summed E-state index contributed by atoms with van der Waals surface area (Å²) in [4.78, 5) is 3.52. The predicted octanol–water partition coefficient (Wildman–Crippen LogP) is 3.20. The smallest absolute Gasteiger partial charge is 0.213 e. The normalized spacial score (nSPS) is 10.1. The van der Waals surface area contributed by atoms with E-state index in [1.165, 1.54) is 17.8 Å². The van der Waals surface area contributed by atoms with Crippen LogP contribution in [0.2, 0.25) is 0 Å². The summed E-state index contributed by atoms with van der Waals surface area (Å²) >= 11 is 0. The Morgan fingerprint density at radius 3 is 2.57 bits per heavy atom. The number of benzene rings is 1. The highest BCUT2D eigenvalue weighted by Gasteiger charge is 1.99. The van der Waals surface area contributed by atoms with Crippen molar-refractivity contribution in [1.82, 2.24) is 4.98 Å². The Balaban J connectivity index is 2.49. The molecule has 1 nitrogen and oxygen atoms in total. The summed E-state index contributed by atoms with van der Waals surface area (Å²) in [6.07, 6.45) is 1.48. The van der Waals surface area contributed by atoms with Crippen molar-refractivity contribution in [2.75, 3.05) is 0 Å². The second-order valence-corrected chi connectivity index (χ2v) is 3.24. The number of hydrogen-bond donors (Lipinski definition) is 0. The minimum Gasteiger partial charge on any atom is -0.228 e. The van der Waals surface area contributed by atoms with Crippen molar-refractivity contribution in [1.29, 1.82) is 0 Å². The molecule has 2 aromatic rings. The minimum absolute atomic E-state index is 0.441. The highest BCUT2D eigenvalue weighted by molar-refractivity contribution is 5.63. The monoisotopic (exact) mass is 187 g/mol. The van der Waals surface area contributed by atoms with Crippen molar-refractivity contribution in [3.63, 3.8) is 0 Å². The van der Waals surface area contributed by atoms with E-state index in [4.69, 9.17) is 0 Å². The zero-order valence-corrected chi connectivity index (χ0v) is 7.87. The van der Waals surface area contributed by atoms with Crippen LogP contribution >= 0.6 is 0 Å². The molecule has 1 aromatic carbocycles. The molecule has 0 saturated heterocycles. The molecule has 0 unspecified atom stereocenters. The van der Waals surface area contributed by atoms with Crippen LogP contribution in [0.1, 0.15) is 5.56 Å². The zero-order chi connectivity index (χ0) is 9.97. The fourth-order valence-corrected chi connectivity index (χ4v) is 1.41. The van der Waals surface area contributed by atoms with E-state index in [9.17, 15) is 4.39 Å². The van der Waals surface area contributed by atoms with Crippen molar-refractivity contribution >= 4 is 0 Å². The molecule has 2 heteroatoms. The van der Waals surface area contributed by atoms with Crippen molar-refractivity contribution in [2.45, 2.75) is 6.92 Å². The SMILES string of the molecule is Cc1cccc(-c2ccnc(F)c2)c1. The molecule has 70 valence electrons. The van der Waals surface area contributed by atoms with Gasteiger partial charge in [-0.1, -0.05) is 29.8 Å². The average molecular weight is 187 g/mol. The van der Waals surface area contributed by atoms with E-state index in [0.29, 0.717) is 0 Å². The minimum atomic E-state index is -0.441.